The van der Waals surface area contributed by atoms with Crippen LogP contribution >= 0.6 is 0 Å². The van der Waals surface area contributed by atoms with E-state index < -0.39 is 0 Å². The van der Waals surface area contributed by atoms with Gasteiger partial charge in [0.05, 0.1) is 6.04 Å². The molecule has 0 aliphatic carbocycles. The van der Waals surface area contributed by atoms with Crippen LogP contribution in [0.4, 0.5) is 0 Å². The molecule has 0 bridgehead atoms. The van der Waals surface area contributed by atoms with E-state index >= 15 is 0 Å². The molecule has 1 atom stereocenters. The molecule has 2 aromatic rings. The number of rotatable bonds is 5. The molecular formula is C18H26N2O. The Morgan fingerprint density at radius 1 is 1.29 bits per heavy atom. The molecular weight excluding hydrogens is 260 g/mol. The van der Waals surface area contributed by atoms with Gasteiger partial charge in [0.1, 0.15) is 11.3 Å². The standard InChI is InChI=1S/C18H26N2O/c1-3-19-16(13-20-10-8-14(2)9-11-20)18-12-15-6-4-5-7-17(15)21-18/h4-7,12,14,16,19H,3,8-11,13H2,1-2H3. The average Bonchev–Trinajstić information content (AvgIpc) is 2.93. The molecule has 2 heterocycles. The number of hydrogen-bond donors (Lipinski definition) is 1. The third-order valence-corrected chi connectivity index (χ3v) is 4.56. The highest BCUT2D eigenvalue weighted by atomic mass is 16.3. The molecule has 1 aliphatic heterocycles. The van der Waals surface area contributed by atoms with Crippen LogP contribution in [0.1, 0.15) is 38.5 Å². The van der Waals surface area contributed by atoms with Gasteiger partial charge in [0.2, 0.25) is 0 Å². The van der Waals surface area contributed by atoms with E-state index in [9.17, 15) is 0 Å². The van der Waals surface area contributed by atoms with Crippen LogP contribution < -0.4 is 5.32 Å². The SMILES string of the molecule is CCNC(CN1CCC(C)CC1)c1cc2ccccc2o1. The Labute approximate surface area is 127 Å². The predicted molar refractivity (Wildman–Crippen MR) is 87.5 cm³/mol. The van der Waals surface area contributed by atoms with Crippen LogP contribution in [0.25, 0.3) is 11.0 Å². The first-order valence-corrected chi connectivity index (χ1v) is 8.20. The molecule has 1 N–H and O–H groups in total. The lowest BCUT2D eigenvalue weighted by atomic mass is 9.98. The Morgan fingerprint density at radius 3 is 2.76 bits per heavy atom. The van der Waals surface area contributed by atoms with Gasteiger partial charge in [0.25, 0.3) is 0 Å². The zero-order valence-corrected chi connectivity index (χ0v) is 13.1. The molecule has 1 aromatic carbocycles. The van der Waals surface area contributed by atoms with E-state index in [1.54, 1.807) is 0 Å². The summed E-state index contributed by atoms with van der Waals surface area (Å²) in [6, 6.07) is 10.7. The Kier molecular flexibility index (Phi) is 4.61. The number of para-hydroxylation sites is 1. The number of likely N-dealkylation sites (N-methyl/N-ethyl adjacent to an activating group) is 1. The normalized spacial score (nSPS) is 19.1. The molecule has 0 spiro atoms. The minimum Gasteiger partial charge on any atom is -0.459 e. The second-order valence-electron chi connectivity index (χ2n) is 6.28. The largest absolute Gasteiger partial charge is 0.459 e. The lowest BCUT2D eigenvalue weighted by Gasteiger charge is -2.32. The van der Waals surface area contributed by atoms with Gasteiger partial charge in [-0.25, -0.2) is 0 Å². The van der Waals surface area contributed by atoms with E-state index in [0.29, 0.717) is 0 Å². The van der Waals surface area contributed by atoms with Crippen molar-refractivity contribution in [3.8, 4) is 0 Å². The Balaban J connectivity index is 1.74. The number of nitrogens with zero attached hydrogens (tertiary/aromatic N) is 1. The number of nitrogens with one attached hydrogen (secondary N) is 1. The molecule has 1 aromatic heterocycles. The molecule has 1 saturated heterocycles. The molecule has 114 valence electrons. The molecule has 3 rings (SSSR count). The summed E-state index contributed by atoms with van der Waals surface area (Å²) in [6.45, 7) is 8.95. The number of furan rings is 1. The van der Waals surface area contributed by atoms with E-state index in [0.717, 1.165) is 30.4 Å². The maximum absolute atomic E-state index is 6.06. The second kappa shape index (κ2) is 6.63. The summed E-state index contributed by atoms with van der Waals surface area (Å²) in [4.78, 5) is 2.57. The van der Waals surface area contributed by atoms with Gasteiger partial charge >= 0.3 is 0 Å². The zero-order chi connectivity index (χ0) is 14.7. The molecule has 3 heteroatoms. The minimum atomic E-state index is 0.288. The van der Waals surface area contributed by atoms with Crippen molar-refractivity contribution >= 4 is 11.0 Å². The zero-order valence-electron chi connectivity index (χ0n) is 13.1. The molecule has 1 unspecified atom stereocenters. The summed E-state index contributed by atoms with van der Waals surface area (Å²) in [5, 5.41) is 4.78. The van der Waals surface area contributed by atoms with Crippen LogP contribution in [-0.2, 0) is 0 Å². The van der Waals surface area contributed by atoms with Crippen molar-refractivity contribution in [1.29, 1.82) is 0 Å². The van der Waals surface area contributed by atoms with Crippen molar-refractivity contribution in [3.63, 3.8) is 0 Å². The van der Waals surface area contributed by atoms with E-state index in [1.165, 1.54) is 31.3 Å². The molecule has 21 heavy (non-hydrogen) atoms. The van der Waals surface area contributed by atoms with E-state index in [1.807, 2.05) is 12.1 Å². The van der Waals surface area contributed by atoms with Crippen molar-refractivity contribution < 1.29 is 4.42 Å². The van der Waals surface area contributed by atoms with Crippen LogP contribution in [0.2, 0.25) is 0 Å². The Bertz CT molecular complexity index is 536. The van der Waals surface area contributed by atoms with E-state index in [-0.39, 0.29) is 6.04 Å². The second-order valence-corrected chi connectivity index (χ2v) is 6.28. The fraction of sp³-hybridized carbons (Fsp3) is 0.556. The fourth-order valence-electron chi connectivity index (χ4n) is 3.18. The first kappa shape index (κ1) is 14.6. The minimum absolute atomic E-state index is 0.288. The summed E-state index contributed by atoms with van der Waals surface area (Å²) < 4.78 is 6.06. The number of hydrogen-bond acceptors (Lipinski definition) is 3. The smallest absolute Gasteiger partial charge is 0.134 e. The van der Waals surface area contributed by atoms with Crippen molar-refractivity contribution in [2.24, 2.45) is 5.92 Å². The third kappa shape index (κ3) is 3.47. The number of fused-ring (bicyclic) bond motifs is 1. The summed E-state index contributed by atoms with van der Waals surface area (Å²) in [5.74, 6) is 1.95. The van der Waals surface area contributed by atoms with Gasteiger partial charge in [0, 0.05) is 11.9 Å². The molecule has 0 amide bonds. The Hall–Kier alpha value is -1.32. The van der Waals surface area contributed by atoms with Gasteiger partial charge in [-0.3, -0.25) is 0 Å². The highest BCUT2D eigenvalue weighted by molar-refractivity contribution is 5.77. The van der Waals surface area contributed by atoms with Crippen molar-refractivity contribution in [3.05, 3.63) is 36.1 Å². The van der Waals surface area contributed by atoms with Crippen LogP contribution in [0, 0.1) is 5.92 Å². The lowest BCUT2D eigenvalue weighted by Crippen LogP contribution is -2.39. The Morgan fingerprint density at radius 2 is 2.05 bits per heavy atom. The highest BCUT2D eigenvalue weighted by Crippen LogP contribution is 2.26. The summed E-state index contributed by atoms with van der Waals surface area (Å²) in [6.07, 6.45) is 2.64. The van der Waals surface area contributed by atoms with Crippen LogP contribution in [0.15, 0.2) is 34.7 Å². The molecule has 3 nitrogen and oxygen atoms in total. The maximum Gasteiger partial charge on any atom is 0.134 e. The summed E-state index contributed by atoms with van der Waals surface area (Å²) in [5.41, 5.74) is 0.989. The molecule has 1 fully saturated rings. The monoisotopic (exact) mass is 286 g/mol. The molecule has 0 radical (unpaired) electrons. The summed E-state index contributed by atoms with van der Waals surface area (Å²) >= 11 is 0. The van der Waals surface area contributed by atoms with Crippen LogP contribution in [0.5, 0.6) is 0 Å². The topological polar surface area (TPSA) is 28.4 Å². The van der Waals surface area contributed by atoms with Crippen molar-refractivity contribution in [1.82, 2.24) is 10.2 Å². The van der Waals surface area contributed by atoms with Crippen LogP contribution in [-0.4, -0.2) is 31.1 Å². The van der Waals surface area contributed by atoms with E-state index in [4.69, 9.17) is 4.42 Å². The van der Waals surface area contributed by atoms with E-state index in [2.05, 4.69) is 42.3 Å². The number of likely N-dealkylation sites (tertiary alicyclic amines) is 1. The predicted octanol–water partition coefficient (Wildman–Crippen LogP) is 3.82. The van der Waals surface area contributed by atoms with Gasteiger partial charge in [-0.15, -0.1) is 0 Å². The fourth-order valence-corrected chi connectivity index (χ4v) is 3.18. The van der Waals surface area contributed by atoms with Crippen molar-refractivity contribution in [2.75, 3.05) is 26.2 Å². The lowest BCUT2D eigenvalue weighted by molar-refractivity contribution is 0.170. The maximum atomic E-state index is 6.06. The summed E-state index contributed by atoms with van der Waals surface area (Å²) in [7, 11) is 0. The van der Waals surface area contributed by atoms with Gasteiger partial charge in [-0.2, -0.15) is 0 Å². The van der Waals surface area contributed by atoms with Gasteiger partial charge < -0.3 is 14.6 Å². The van der Waals surface area contributed by atoms with Gasteiger partial charge in [-0.1, -0.05) is 32.0 Å². The first-order valence-electron chi connectivity index (χ1n) is 8.20. The third-order valence-electron chi connectivity index (χ3n) is 4.56. The van der Waals surface area contributed by atoms with Crippen LogP contribution in [0.3, 0.4) is 0 Å². The average molecular weight is 286 g/mol. The van der Waals surface area contributed by atoms with Gasteiger partial charge in [-0.05, 0) is 50.5 Å². The first-order chi connectivity index (χ1) is 10.3. The number of piperidine rings is 1. The van der Waals surface area contributed by atoms with Gasteiger partial charge in [0.15, 0.2) is 0 Å². The highest BCUT2D eigenvalue weighted by Gasteiger charge is 2.22. The van der Waals surface area contributed by atoms with Crippen molar-refractivity contribution in [2.45, 2.75) is 32.7 Å². The molecule has 0 saturated carbocycles. The molecule has 1 aliphatic rings. The quantitative estimate of drug-likeness (QED) is 0.906. The number of benzene rings is 1.